The predicted molar refractivity (Wildman–Crippen MR) is 85.1 cm³/mol. The Kier molecular flexibility index (Phi) is 6.39. The van der Waals surface area contributed by atoms with Gasteiger partial charge >= 0.3 is 12.0 Å². The number of carbonyl (C=O) groups excluding carboxylic acids is 3. The number of carbonyl (C=O) groups is 3. The molecular weight excluding hydrogens is 317 g/mol. The minimum absolute atomic E-state index is 0.0215. The minimum atomic E-state index is -1.86. The summed E-state index contributed by atoms with van der Waals surface area (Å²) in [5, 5.41) is 2.62. The van der Waals surface area contributed by atoms with Gasteiger partial charge in [0.05, 0.1) is 13.0 Å². The molecule has 0 radical (unpaired) electrons. The van der Waals surface area contributed by atoms with Crippen LogP contribution in [0.1, 0.15) is 39.0 Å². The van der Waals surface area contributed by atoms with Crippen LogP contribution in [0.5, 0.6) is 0 Å². The molecule has 0 bridgehead atoms. The van der Waals surface area contributed by atoms with Crippen LogP contribution in [-0.4, -0.2) is 72.7 Å². The van der Waals surface area contributed by atoms with E-state index in [-0.39, 0.29) is 50.9 Å². The molecular formula is C16H26FN3O4. The van der Waals surface area contributed by atoms with Crippen LogP contribution in [-0.2, 0) is 14.3 Å². The molecule has 2 aliphatic rings. The number of rotatable bonds is 5. The van der Waals surface area contributed by atoms with E-state index in [9.17, 15) is 18.8 Å². The number of nitrogens with one attached hydrogen (secondary N) is 1. The van der Waals surface area contributed by atoms with Gasteiger partial charge in [-0.3, -0.25) is 9.59 Å². The van der Waals surface area contributed by atoms with Crippen LogP contribution in [0.4, 0.5) is 9.18 Å². The van der Waals surface area contributed by atoms with Crippen molar-refractivity contribution in [2.24, 2.45) is 0 Å². The third-order valence-electron chi connectivity index (χ3n) is 4.53. The van der Waals surface area contributed by atoms with Gasteiger partial charge in [-0.25, -0.2) is 9.18 Å². The van der Waals surface area contributed by atoms with Crippen molar-refractivity contribution in [2.45, 2.75) is 44.7 Å². The number of hydrogen-bond acceptors (Lipinski definition) is 4. The van der Waals surface area contributed by atoms with Gasteiger partial charge in [0, 0.05) is 45.6 Å². The minimum Gasteiger partial charge on any atom is -0.466 e. The number of alkyl halides is 1. The number of amides is 3. The smallest absolute Gasteiger partial charge is 0.317 e. The second-order valence-electron chi connectivity index (χ2n) is 6.24. The second kappa shape index (κ2) is 8.30. The van der Waals surface area contributed by atoms with Gasteiger partial charge in [-0.15, -0.1) is 0 Å². The Morgan fingerprint density at radius 1 is 1.08 bits per heavy atom. The Bertz CT molecular complexity index is 472. The van der Waals surface area contributed by atoms with E-state index in [1.54, 1.807) is 11.8 Å². The fourth-order valence-corrected chi connectivity index (χ4v) is 3.10. The summed E-state index contributed by atoms with van der Waals surface area (Å²) in [7, 11) is 0. The van der Waals surface area contributed by atoms with Gasteiger partial charge in [0.1, 0.15) is 0 Å². The highest BCUT2D eigenvalue weighted by atomic mass is 19.1. The lowest BCUT2D eigenvalue weighted by Crippen LogP contribution is -2.54. The molecule has 0 spiro atoms. The molecule has 3 amide bonds. The molecule has 2 saturated heterocycles. The Hall–Kier alpha value is -1.86. The third-order valence-corrected chi connectivity index (χ3v) is 4.53. The van der Waals surface area contributed by atoms with Crippen molar-refractivity contribution in [1.29, 1.82) is 0 Å². The average Bonchev–Trinajstić information content (AvgIpc) is 3.09. The monoisotopic (exact) mass is 343 g/mol. The molecule has 2 heterocycles. The molecule has 0 aliphatic carbocycles. The van der Waals surface area contributed by atoms with Crippen molar-refractivity contribution < 1.29 is 23.5 Å². The summed E-state index contributed by atoms with van der Waals surface area (Å²) in [6.45, 7) is 3.86. The summed E-state index contributed by atoms with van der Waals surface area (Å²) in [4.78, 5) is 38.6. The van der Waals surface area contributed by atoms with Gasteiger partial charge in [0.2, 0.25) is 0 Å². The molecule has 2 aliphatic heterocycles. The normalized spacial score (nSPS) is 19.9. The maximum Gasteiger partial charge on any atom is 0.317 e. The standard InChI is InChI=1S/C16H26FN3O4/c1-2-24-13(21)5-8-18-15(23)20-11-6-16(17,7-12-20)14(22)19-9-3-4-10-19/h2-12H2,1H3,(H,18,23). The van der Waals surface area contributed by atoms with E-state index in [2.05, 4.69) is 5.32 Å². The third kappa shape index (κ3) is 4.58. The number of likely N-dealkylation sites (tertiary alicyclic amines) is 2. The summed E-state index contributed by atoms with van der Waals surface area (Å²) in [6.07, 6.45) is 2.00. The van der Waals surface area contributed by atoms with Gasteiger partial charge in [-0.1, -0.05) is 0 Å². The van der Waals surface area contributed by atoms with E-state index in [0.29, 0.717) is 19.7 Å². The summed E-state index contributed by atoms with van der Waals surface area (Å²) >= 11 is 0. The number of ether oxygens (including phenoxy) is 1. The van der Waals surface area contributed by atoms with Crippen LogP contribution in [0.3, 0.4) is 0 Å². The summed E-state index contributed by atoms with van der Waals surface area (Å²) in [5.74, 6) is -0.794. The Morgan fingerprint density at radius 3 is 2.29 bits per heavy atom. The first-order valence-electron chi connectivity index (χ1n) is 8.63. The maximum absolute atomic E-state index is 14.9. The van der Waals surface area contributed by atoms with Gasteiger partial charge in [-0.05, 0) is 19.8 Å². The second-order valence-corrected chi connectivity index (χ2v) is 6.24. The van der Waals surface area contributed by atoms with Crippen molar-refractivity contribution in [1.82, 2.24) is 15.1 Å². The van der Waals surface area contributed by atoms with E-state index in [1.165, 1.54) is 4.90 Å². The average molecular weight is 343 g/mol. The number of urea groups is 1. The van der Waals surface area contributed by atoms with E-state index < -0.39 is 11.6 Å². The lowest BCUT2D eigenvalue weighted by Gasteiger charge is -2.37. The Morgan fingerprint density at radius 2 is 1.71 bits per heavy atom. The Balaban J connectivity index is 1.74. The van der Waals surface area contributed by atoms with E-state index in [1.807, 2.05) is 0 Å². The Labute approximate surface area is 141 Å². The molecule has 0 aromatic carbocycles. The zero-order valence-electron chi connectivity index (χ0n) is 14.2. The molecule has 7 nitrogen and oxygen atoms in total. The van der Waals surface area contributed by atoms with Crippen LogP contribution < -0.4 is 5.32 Å². The quantitative estimate of drug-likeness (QED) is 0.758. The highest BCUT2D eigenvalue weighted by Crippen LogP contribution is 2.30. The fraction of sp³-hybridized carbons (Fsp3) is 0.812. The van der Waals surface area contributed by atoms with E-state index in [0.717, 1.165) is 12.8 Å². The van der Waals surface area contributed by atoms with Crippen molar-refractivity contribution >= 4 is 17.9 Å². The van der Waals surface area contributed by atoms with E-state index in [4.69, 9.17) is 4.74 Å². The van der Waals surface area contributed by atoms with Crippen LogP contribution >= 0.6 is 0 Å². The molecule has 0 saturated carbocycles. The van der Waals surface area contributed by atoms with E-state index >= 15 is 0 Å². The topological polar surface area (TPSA) is 79.0 Å². The first-order valence-corrected chi connectivity index (χ1v) is 8.63. The molecule has 2 rings (SSSR count). The lowest BCUT2D eigenvalue weighted by molar-refractivity contribution is -0.146. The van der Waals surface area contributed by atoms with Crippen LogP contribution in [0.25, 0.3) is 0 Å². The predicted octanol–water partition coefficient (Wildman–Crippen LogP) is 1.08. The molecule has 1 N–H and O–H groups in total. The molecule has 0 aromatic rings. The number of piperidine rings is 1. The number of esters is 1. The van der Waals surface area contributed by atoms with Crippen molar-refractivity contribution in [3.63, 3.8) is 0 Å². The highest BCUT2D eigenvalue weighted by Gasteiger charge is 2.45. The van der Waals surface area contributed by atoms with Gasteiger partial charge in [0.15, 0.2) is 5.67 Å². The molecule has 136 valence electrons. The van der Waals surface area contributed by atoms with Crippen molar-refractivity contribution in [3.05, 3.63) is 0 Å². The number of hydrogen-bond donors (Lipinski definition) is 1. The molecule has 0 aromatic heterocycles. The van der Waals surface area contributed by atoms with Gasteiger partial charge < -0.3 is 19.9 Å². The molecule has 2 fully saturated rings. The summed E-state index contributed by atoms with van der Waals surface area (Å²) in [6, 6.07) is -0.338. The van der Waals surface area contributed by atoms with Crippen molar-refractivity contribution in [3.8, 4) is 0 Å². The van der Waals surface area contributed by atoms with Crippen LogP contribution in [0.2, 0.25) is 0 Å². The summed E-state index contributed by atoms with van der Waals surface area (Å²) < 4.78 is 19.7. The number of halogens is 1. The molecule has 24 heavy (non-hydrogen) atoms. The van der Waals surface area contributed by atoms with Crippen LogP contribution in [0, 0.1) is 0 Å². The first-order chi connectivity index (χ1) is 11.5. The zero-order valence-corrected chi connectivity index (χ0v) is 14.2. The van der Waals surface area contributed by atoms with Crippen LogP contribution in [0.15, 0.2) is 0 Å². The fourth-order valence-electron chi connectivity index (χ4n) is 3.10. The van der Waals surface area contributed by atoms with Crippen molar-refractivity contribution in [2.75, 3.05) is 39.3 Å². The zero-order chi connectivity index (χ0) is 17.6. The van der Waals surface area contributed by atoms with Gasteiger partial charge in [0.25, 0.3) is 5.91 Å². The van der Waals surface area contributed by atoms with Gasteiger partial charge in [-0.2, -0.15) is 0 Å². The largest absolute Gasteiger partial charge is 0.466 e. The maximum atomic E-state index is 14.9. The lowest BCUT2D eigenvalue weighted by atomic mass is 9.92. The first kappa shape index (κ1) is 18.5. The summed E-state index contributed by atoms with van der Waals surface area (Å²) in [5.41, 5.74) is -1.86. The molecule has 0 atom stereocenters. The highest BCUT2D eigenvalue weighted by molar-refractivity contribution is 5.86. The molecule has 8 heteroatoms. The molecule has 0 unspecified atom stereocenters. The SMILES string of the molecule is CCOC(=O)CCNC(=O)N1CCC(F)(C(=O)N2CCCC2)CC1. The number of nitrogens with zero attached hydrogens (tertiary/aromatic N) is 2.